The normalized spacial score (nSPS) is 22.3. The van der Waals surface area contributed by atoms with Gasteiger partial charge in [0.15, 0.2) is 11.2 Å². The zero-order valence-corrected chi connectivity index (χ0v) is 13.0. The molecule has 0 atom stereocenters. The topological polar surface area (TPSA) is 82.1 Å². The molecule has 0 saturated heterocycles. The molecule has 0 unspecified atom stereocenters. The predicted molar refractivity (Wildman–Crippen MR) is 82.8 cm³/mol. The molecule has 120 valence electrons. The van der Waals surface area contributed by atoms with Gasteiger partial charge in [-0.2, -0.15) is 0 Å². The maximum atomic E-state index is 12.6. The van der Waals surface area contributed by atoms with Crippen molar-refractivity contribution in [2.45, 2.75) is 44.8 Å². The van der Waals surface area contributed by atoms with Gasteiger partial charge in [-0.05, 0) is 38.0 Å². The van der Waals surface area contributed by atoms with Crippen LogP contribution in [0.5, 0.6) is 0 Å². The Labute approximate surface area is 127 Å². The lowest BCUT2D eigenvalue weighted by molar-refractivity contribution is 0.105. The van der Waals surface area contributed by atoms with Crippen molar-refractivity contribution in [3.63, 3.8) is 0 Å². The Morgan fingerprint density at radius 1 is 1.23 bits per heavy atom. The fraction of sp³-hybridized carbons (Fsp3) is 0.667. The van der Waals surface area contributed by atoms with Gasteiger partial charge in [-0.1, -0.05) is 0 Å². The van der Waals surface area contributed by atoms with Gasteiger partial charge in [-0.15, -0.1) is 0 Å². The number of hydrogen-bond donors (Lipinski definition) is 1. The number of aliphatic hydroxyl groups is 1. The fourth-order valence-electron chi connectivity index (χ4n) is 3.34. The standard InChI is InChI=1S/C15H22N4O3/c1-17-9-16-13-12(17)14(21)19(15(22)18(13)2)8-7-10-3-5-11(20)6-4-10/h9-11,20H,3-8H2,1-2H3. The second-order valence-corrected chi connectivity index (χ2v) is 6.29. The van der Waals surface area contributed by atoms with Gasteiger partial charge < -0.3 is 9.67 Å². The largest absolute Gasteiger partial charge is 0.393 e. The molecule has 7 nitrogen and oxygen atoms in total. The number of aryl methyl sites for hydroxylation is 2. The maximum Gasteiger partial charge on any atom is 0.332 e. The summed E-state index contributed by atoms with van der Waals surface area (Å²) in [6, 6.07) is 0. The van der Waals surface area contributed by atoms with E-state index >= 15 is 0 Å². The second-order valence-electron chi connectivity index (χ2n) is 6.29. The molecule has 22 heavy (non-hydrogen) atoms. The van der Waals surface area contributed by atoms with Crippen LogP contribution in [-0.4, -0.2) is 29.9 Å². The van der Waals surface area contributed by atoms with Gasteiger partial charge in [0.2, 0.25) is 0 Å². The Balaban J connectivity index is 1.89. The summed E-state index contributed by atoms with van der Waals surface area (Å²) in [4.78, 5) is 29.1. The van der Waals surface area contributed by atoms with Gasteiger partial charge in [0.05, 0.1) is 12.4 Å². The SMILES string of the molecule is Cn1cnc2c1c(=O)n(CCC1CCC(O)CC1)c(=O)n2C. The average molecular weight is 306 g/mol. The van der Waals surface area contributed by atoms with E-state index in [1.165, 1.54) is 9.13 Å². The number of fused-ring (bicyclic) bond motifs is 1. The number of rotatable bonds is 3. The zero-order chi connectivity index (χ0) is 15.9. The molecular weight excluding hydrogens is 284 g/mol. The molecule has 1 saturated carbocycles. The molecule has 1 aliphatic rings. The van der Waals surface area contributed by atoms with Crippen LogP contribution in [0.3, 0.4) is 0 Å². The Bertz CT molecular complexity index is 793. The maximum absolute atomic E-state index is 12.6. The predicted octanol–water partition coefficient (Wildman–Crippen LogP) is 0.375. The first-order chi connectivity index (χ1) is 10.5. The fourth-order valence-corrected chi connectivity index (χ4v) is 3.34. The third kappa shape index (κ3) is 2.49. The lowest BCUT2D eigenvalue weighted by atomic mass is 9.85. The van der Waals surface area contributed by atoms with Crippen LogP contribution in [0, 0.1) is 5.92 Å². The molecule has 7 heteroatoms. The zero-order valence-electron chi connectivity index (χ0n) is 13.0. The molecule has 1 fully saturated rings. The van der Waals surface area contributed by atoms with Crippen LogP contribution in [0.1, 0.15) is 32.1 Å². The number of aromatic nitrogens is 4. The molecule has 0 spiro atoms. The number of nitrogens with zero attached hydrogens (tertiary/aromatic N) is 4. The summed E-state index contributed by atoms with van der Waals surface area (Å²) in [7, 11) is 3.40. The quantitative estimate of drug-likeness (QED) is 0.888. The lowest BCUT2D eigenvalue weighted by Gasteiger charge is -2.25. The molecule has 0 aromatic carbocycles. The van der Waals surface area contributed by atoms with Crippen LogP contribution in [0.25, 0.3) is 11.2 Å². The summed E-state index contributed by atoms with van der Waals surface area (Å²) in [5.41, 5.74) is 0.302. The second kappa shape index (κ2) is 5.72. The molecule has 1 aliphatic carbocycles. The minimum absolute atomic E-state index is 0.183. The Morgan fingerprint density at radius 2 is 1.91 bits per heavy atom. The van der Waals surface area contributed by atoms with Crippen LogP contribution in [0.2, 0.25) is 0 Å². The molecule has 3 rings (SSSR count). The van der Waals surface area contributed by atoms with E-state index in [0.29, 0.717) is 23.6 Å². The van der Waals surface area contributed by atoms with Crippen molar-refractivity contribution in [3.05, 3.63) is 27.2 Å². The summed E-state index contributed by atoms with van der Waals surface area (Å²) in [5, 5.41) is 9.54. The lowest BCUT2D eigenvalue weighted by Crippen LogP contribution is -2.40. The Kier molecular flexibility index (Phi) is 3.90. The molecule has 0 amide bonds. The summed E-state index contributed by atoms with van der Waals surface area (Å²) in [6.07, 6.45) is 5.73. The van der Waals surface area contributed by atoms with Gasteiger partial charge in [0.1, 0.15) is 0 Å². The smallest absolute Gasteiger partial charge is 0.332 e. The molecule has 0 aliphatic heterocycles. The van der Waals surface area contributed by atoms with Crippen molar-refractivity contribution in [2.75, 3.05) is 0 Å². The van der Waals surface area contributed by atoms with Crippen LogP contribution < -0.4 is 11.2 Å². The van der Waals surface area contributed by atoms with Crippen molar-refractivity contribution < 1.29 is 5.11 Å². The molecule has 0 bridgehead atoms. The van der Waals surface area contributed by atoms with E-state index in [4.69, 9.17) is 0 Å². The van der Waals surface area contributed by atoms with Crippen molar-refractivity contribution in [2.24, 2.45) is 20.0 Å². The Morgan fingerprint density at radius 3 is 2.59 bits per heavy atom. The van der Waals surface area contributed by atoms with Crippen molar-refractivity contribution >= 4 is 11.2 Å². The summed E-state index contributed by atoms with van der Waals surface area (Å²) in [6.45, 7) is 0.424. The van der Waals surface area contributed by atoms with E-state index in [1.807, 2.05) is 0 Å². The first kappa shape index (κ1) is 15.0. The first-order valence-corrected chi connectivity index (χ1v) is 7.78. The minimum Gasteiger partial charge on any atom is -0.393 e. The highest BCUT2D eigenvalue weighted by molar-refractivity contribution is 5.69. The highest BCUT2D eigenvalue weighted by Crippen LogP contribution is 2.26. The van der Waals surface area contributed by atoms with E-state index in [0.717, 1.165) is 32.1 Å². The van der Waals surface area contributed by atoms with E-state index in [9.17, 15) is 14.7 Å². The van der Waals surface area contributed by atoms with Gasteiger partial charge >= 0.3 is 5.69 Å². The number of aliphatic hydroxyl groups excluding tert-OH is 1. The van der Waals surface area contributed by atoms with E-state index < -0.39 is 0 Å². The van der Waals surface area contributed by atoms with Crippen molar-refractivity contribution in [1.82, 2.24) is 18.7 Å². The van der Waals surface area contributed by atoms with E-state index in [2.05, 4.69) is 4.98 Å². The first-order valence-electron chi connectivity index (χ1n) is 7.78. The van der Waals surface area contributed by atoms with E-state index in [1.54, 1.807) is 25.0 Å². The summed E-state index contributed by atoms with van der Waals surface area (Å²) >= 11 is 0. The molecule has 2 aromatic rings. The minimum atomic E-state index is -0.313. The van der Waals surface area contributed by atoms with Crippen LogP contribution in [0.4, 0.5) is 0 Å². The number of hydrogen-bond acceptors (Lipinski definition) is 4. The van der Waals surface area contributed by atoms with Crippen molar-refractivity contribution in [3.8, 4) is 0 Å². The third-order valence-corrected chi connectivity index (χ3v) is 4.78. The van der Waals surface area contributed by atoms with Crippen LogP contribution in [0.15, 0.2) is 15.9 Å². The third-order valence-electron chi connectivity index (χ3n) is 4.78. The highest BCUT2D eigenvalue weighted by atomic mass is 16.3. The van der Waals surface area contributed by atoms with E-state index in [-0.39, 0.29) is 17.4 Å². The van der Waals surface area contributed by atoms with Crippen LogP contribution >= 0.6 is 0 Å². The highest BCUT2D eigenvalue weighted by Gasteiger charge is 2.20. The molecule has 2 aromatic heterocycles. The van der Waals surface area contributed by atoms with Gasteiger partial charge in [0.25, 0.3) is 5.56 Å². The van der Waals surface area contributed by atoms with Crippen LogP contribution in [-0.2, 0) is 20.6 Å². The molecule has 1 N–H and O–H groups in total. The Hall–Kier alpha value is -1.89. The summed E-state index contributed by atoms with van der Waals surface area (Å²) < 4.78 is 4.40. The molecular formula is C15H22N4O3. The molecule has 2 heterocycles. The number of imidazole rings is 1. The van der Waals surface area contributed by atoms with Gasteiger partial charge in [-0.25, -0.2) is 9.78 Å². The molecule has 0 radical (unpaired) electrons. The average Bonchev–Trinajstić information content (AvgIpc) is 2.89. The van der Waals surface area contributed by atoms with Crippen molar-refractivity contribution in [1.29, 1.82) is 0 Å². The van der Waals surface area contributed by atoms with Gasteiger partial charge in [0, 0.05) is 20.6 Å². The van der Waals surface area contributed by atoms with Gasteiger partial charge in [-0.3, -0.25) is 13.9 Å². The summed E-state index contributed by atoms with van der Waals surface area (Å²) in [5.74, 6) is 0.474. The monoisotopic (exact) mass is 306 g/mol.